The molecule has 0 aromatic carbocycles. The monoisotopic (exact) mass is 238 g/mol. The van der Waals surface area contributed by atoms with Crippen LogP contribution in [0.15, 0.2) is 22.9 Å². The third kappa shape index (κ3) is 4.35. The molecule has 0 aliphatic carbocycles. The molecule has 2 heterocycles. The topological polar surface area (TPSA) is 0 Å². The van der Waals surface area contributed by atoms with Crippen molar-refractivity contribution in [2.75, 3.05) is 11.8 Å². The largest absolute Gasteiger partial charge is 0.285 e. The molecule has 1 saturated heterocycles. The number of hydrogen-bond acceptors (Lipinski definition) is 3. The summed E-state index contributed by atoms with van der Waals surface area (Å²) >= 11 is 11.6. The molecule has 0 amide bonds. The van der Waals surface area contributed by atoms with Gasteiger partial charge in [-0.2, -0.15) is 11.3 Å². The summed E-state index contributed by atoms with van der Waals surface area (Å²) in [6.45, 7) is 0.102. The summed E-state index contributed by atoms with van der Waals surface area (Å²) in [6.07, 6.45) is 0. The van der Waals surface area contributed by atoms with Crippen LogP contribution >= 0.6 is 24.7 Å². The third-order valence-electron chi connectivity index (χ3n) is 1.06. The molecular formula is C6H8P2S3+2. The maximum atomic E-state index is 4.96. The molecule has 1 aromatic heterocycles. The number of hydrogen-bond donors (Lipinski definition) is 0. The molecule has 1 fully saturated rings. The molecule has 1 aromatic rings. The van der Waals surface area contributed by atoms with Gasteiger partial charge in [-0.05, 0) is 10.8 Å². The van der Waals surface area contributed by atoms with Gasteiger partial charge in [0.1, 0.15) is 0 Å². The van der Waals surface area contributed by atoms with Crippen molar-refractivity contribution in [1.29, 1.82) is 0 Å². The first-order valence-electron chi connectivity index (χ1n) is 3.10. The highest BCUT2D eigenvalue weighted by molar-refractivity contribution is 8.23. The fraction of sp³-hybridized carbons (Fsp3) is 0.333. The molecule has 0 atom stereocenters. The Kier molecular flexibility index (Phi) is 4.82. The summed E-state index contributed by atoms with van der Waals surface area (Å²) in [7, 11) is 0. The predicted molar refractivity (Wildman–Crippen MR) is 62.6 cm³/mol. The minimum Gasteiger partial charge on any atom is -0.152 e. The standard InChI is InChI=1S/C4H4S.C2H4P2S2/c1-2-4-5-3-1;5-3-1-4(6)2-3/h1-4H;1-2H2/q;+2. The molecule has 0 bridgehead atoms. The Morgan fingerprint density at radius 3 is 1.55 bits per heavy atom. The van der Waals surface area contributed by atoms with Crippen LogP contribution in [0.5, 0.6) is 0 Å². The molecule has 0 spiro atoms. The molecule has 2 rings (SSSR count). The Bertz CT molecular complexity index is 203. The van der Waals surface area contributed by atoms with Gasteiger partial charge in [0.05, 0.1) is 0 Å². The first kappa shape index (κ1) is 9.83. The molecular weight excluding hydrogens is 230 g/mol. The first-order valence-corrected chi connectivity index (χ1v) is 9.50. The highest BCUT2D eigenvalue weighted by atomic mass is 32.5. The van der Waals surface area contributed by atoms with E-state index in [0.717, 1.165) is 0 Å². The highest BCUT2D eigenvalue weighted by Crippen LogP contribution is 2.53. The van der Waals surface area contributed by atoms with E-state index in [-0.39, 0.29) is 13.4 Å². The quantitative estimate of drug-likeness (QED) is 0.634. The van der Waals surface area contributed by atoms with Crippen molar-refractivity contribution in [3.63, 3.8) is 0 Å². The average Bonchev–Trinajstić information content (AvgIpc) is 2.39. The van der Waals surface area contributed by atoms with Crippen molar-refractivity contribution in [1.82, 2.24) is 0 Å². The maximum absolute atomic E-state index is 4.96. The van der Waals surface area contributed by atoms with Crippen molar-refractivity contribution in [3.8, 4) is 0 Å². The van der Waals surface area contributed by atoms with Crippen molar-refractivity contribution in [2.45, 2.75) is 0 Å². The first-order chi connectivity index (χ1) is 5.29. The predicted octanol–water partition coefficient (Wildman–Crippen LogP) is 3.55. The number of thiophene rings is 1. The zero-order valence-electron chi connectivity index (χ0n) is 5.84. The van der Waals surface area contributed by atoms with Crippen LogP contribution in [-0.2, 0) is 23.6 Å². The fourth-order valence-corrected chi connectivity index (χ4v) is 9.81. The SMILES string of the molecule is S=[P+]1C[P+](=S)C1.c1ccsc1. The van der Waals surface area contributed by atoms with Gasteiger partial charge in [-0.25, -0.2) is 0 Å². The lowest BCUT2D eigenvalue weighted by molar-refractivity contribution is 1.94. The van der Waals surface area contributed by atoms with Crippen LogP contribution in [0.2, 0.25) is 0 Å². The van der Waals surface area contributed by atoms with Gasteiger partial charge in [-0.15, -0.1) is 0 Å². The van der Waals surface area contributed by atoms with E-state index in [1.54, 1.807) is 11.3 Å². The lowest BCUT2D eigenvalue weighted by Gasteiger charge is -1.85. The minimum atomic E-state index is 0.0509. The van der Waals surface area contributed by atoms with Crippen LogP contribution in [0.25, 0.3) is 0 Å². The Labute approximate surface area is 82.9 Å². The van der Waals surface area contributed by atoms with Gasteiger partial charge < -0.3 is 0 Å². The fourth-order valence-electron chi connectivity index (χ4n) is 0.537. The minimum absolute atomic E-state index is 0.0509. The Balaban J connectivity index is 0.000000112. The highest BCUT2D eigenvalue weighted by Gasteiger charge is 2.40. The van der Waals surface area contributed by atoms with Crippen LogP contribution in [0, 0.1) is 0 Å². The second-order valence-corrected chi connectivity index (χ2v) is 10.1. The molecule has 0 nitrogen and oxygen atoms in total. The Morgan fingerprint density at radius 2 is 1.45 bits per heavy atom. The van der Waals surface area contributed by atoms with Gasteiger partial charge in [-0.1, -0.05) is 12.1 Å². The summed E-state index contributed by atoms with van der Waals surface area (Å²) in [5.41, 5.74) is 0. The van der Waals surface area contributed by atoms with E-state index in [1.807, 2.05) is 22.9 Å². The summed E-state index contributed by atoms with van der Waals surface area (Å²) in [5.74, 6) is 2.46. The van der Waals surface area contributed by atoms with Crippen LogP contribution in [0.4, 0.5) is 0 Å². The van der Waals surface area contributed by atoms with Gasteiger partial charge in [-0.3, -0.25) is 0 Å². The van der Waals surface area contributed by atoms with Gasteiger partial charge in [0.2, 0.25) is 0 Å². The summed E-state index contributed by atoms with van der Waals surface area (Å²) in [5, 5.41) is 4.08. The van der Waals surface area contributed by atoms with Crippen molar-refractivity contribution < 1.29 is 0 Å². The zero-order valence-corrected chi connectivity index (χ0v) is 10.1. The molecule has 0 saturated carbocycles. The smallest absolute Gasteiger partial charge is 0.152 e. The normalized spacial score (nSPS) is 21.5. The summed E-state index contributed by atoms with van der Waals surface area (Å²) < 4.78 is 0. The summed E-state index contributed by atoms with van der Waals surface area (Å²) in [6, 6.07) is 4.04. The van der Waals surface area contributed by atoms with E-state index in [0.29, 0.717) is 0 Å². The van der Waals surface area contributed by atoms with Crippen LogP contribution in [0.1, 0.15) is 0 Å². The summed E-state index contributed by atoms with van der Waals surface area (Å²) in [4.78, 5) is 0. The van der Waals surface area contributed by atoms with Crippen LogP contribution < -0.4 is 0 Å². The molecule has 1 aliphatic rings. The van der Waals surface area contributed by atoms with Crippen molar-refractivity contribution in [2.24, 2.45) is 0 Å². The van der Waals surface area contributed by atoms with E-state index in [1.165, 1.54) is 11.8 Å². The Morgan fingerprint density at radius 1 is 1.00 bits per heavy atom. The van der Waals surface area contributed by atoms with Gasteiger partial charge in [0, 0.05) is 0 Å². The van der Waals surface area contributed by atoms with E-state index < -0.39 is 0 Å². The molecule has 0 unspecified atom stereocenters. The van der Waals surface area contributed by atoms with Gasteiger partial charge in [0.25, 0.3) is 25.2 Å². The molecule has 58 valence electrons. The maximum Gasteiger partial charge on any atom is 0.285 e. The van der Waals surface area contributed by atoms with Gasteiger partial charge >= 0.3 is 0 Å². The lowest BCUT2D eigenvalue weighted by Crippen LogP contribution is -1.84. The van der Waals surface area contributed by atoms with E-state index >= 15 is 0 Å². The van der Waals surface area contributed by atoms with Crippen LogP contribution in [-0.4, -0.2) is 11.8 Å². The second kappa shape index (κ2) is 5.40. The van der Waals surface area contributed by atoms with E-state index in [9.17, 15) is 0 Å². The molecule has 0 N–H and O–H groups in total. The second-order valence-electron chi connectivity index (χ2n) is 2.04. The van der Waals surface area contributed by atoms with E-state index in [4.69, 9.17) is 23.6 Å². The zero-order chi connectivity index (χ0) is 8.10. The van der Waals surface area contributed by atoms with Gasteiger partial charge in [0.15, 0.2) is 23.6 Å². The van der Waals surface area contributed by atoms with Crippen LogP contribution in [0.3, 0.4) is 0 Å². The Hall–Kier alpha value is 0.740. The molecule has 1 aliphatic heterocycles. The van der Waals surface area contributed by atoms with Crippen molar-refractivity contribution >= 4 is 48.3 Å². The van der Waals surface area contributed by atoms with Crippen molar-refractivity contribution in [3.05, 3.63) is 22.9 Å². The third-order valence-corrected chi connectivity index (χ3v) is 10.9. The molecule has 5 heteroatoms. The lowest BCUT2D eigenvalue weighted by atomic mass is 10.7. The van der Waals surface area contributed by atoms with E-state index in [2.05, 4.69) is 0 Å². The average molecular weight is 238 g/mol. The number of rotatable bonds is 0. The molecule has 0 radical (unpaired) electrons. The molecule has 11 heavy (non-hydrogen) atoms.